The molecular weight excluding hydrogens is 492 g/mol. The van der Waals surface area contributed by atoms with E-state index in [1.165, 1.54) is 0 Å². The fourth-order valence-corrected chi connectivity index (χ4v) is 4.17. The number of aliphatic imine (C=N–C) groups is 1. The Kier molecular flexibility index (Phi) is 8.83. The van der Waals surface area contributed by atoms with Crippen LogP contribution in [0.2, 0.25) is 0 Å². The third-order valence-corrected chi connectivity index (χ3v) is 6.08. The van der Waals surface area contributed by atoms with Crippen molar-refractivity contribution in [1.82, 2.24) is 10.9 Å². The third-order valence-electron chi connectivity index (χ3n) is 6.08. The summed E-state index contributed by atoms with van der Waals surface area (Å²) in [5.74, 6) is -0.783. The van der Waals surface area contributed by atoms with Crippen LogP contribution in [0.3, 0.4) is 0 Å². The molecule has 38 heavy (non-hydrogen) atoms. The molecule has 1 aliphatic heterocycles. The fourth-order valence-electron chi connectivity index (χ4n) is 4.17. The minimum Gasteiger partial charge on any atom is -0.494 e. The molecule has 0 unspecified atom stereocenters. The number of halogens is 2. The maximum absolute atomic E-state index is 14.0. The van der Waals surface area contributed by atoms with E-state index in [0.29, 0.717) is 24.3 Å². The Balaban J connectivity index is 1.60. The zero-order valence-electron chi connectivity index (χ0n) is 20.7. The molecule has 0 saturated heterocycles. The number of amides is 1. The van der Waals surface area contributed by atoms with Crippen LogP contribution in [0.4, 0.5) is 8.78 Å². The predicted octanol–water partition coefficient (Wildman–Crippen LogP) is 4.38. The molecule has 0 aromatic heterocycles. The molecule has 0 radical (unpaired) electrons. The first-order valence-electron chi connectivity index (χ1n) is 12.2. The number of hydrazine groups is 1. The Hall–Kier alpha value is -4.08. The minimum atomic E-state index is -1.41. The summed E-state index contributed by atoms with van der Waals surface area (Å²) >= 11 is 0. The van der Waals surface area contributed by atoms with Crippen LogP contribution in [0.1, 0.15) is 35.6 Å². The summed E-state index contributed by atoms with van der Waals surface area (Å²) in [7, 11) is 0. The van der Waals surface area contributed by atoms with Gasteiger partial charge in [0.1, 0.15) is 17.4 Å². The van der Waals surface area contributed by atoms with Gasteiger partial charge in [0.15, 0.2) is 11.6 Å². The van der Waals surface area contributed by atoms with Gasteiger partial charge < -0.3 is 14.6 Å². The topological polar surface area (TPSA) is 92.2 Å². The highest BCUT2D eigenvalue weighted by Crippen LogP contribution is 2.42. The van der Waals surface area contributed by atoms with E-state index in [9.17, 15) is 13.6 Å². The number of rotatable bonds is 12. The largest absolute Gasteiger partial charge is 0.494 e. The number of carbonyl (C=O) groups excluding carboxylic acids is 1. The van der Waals surface area contributed by atoms with Gasteiger partial charge in [-0.1, -0.05) is 36.4 Å². The highest BCUT2D eigenvalue weighted by molar-refractivity contribution is 6.01. The second-order valence-electron chi connectivity index (χ2n) is 8.74. The zero-order chi connectivity index (χ0) is 27.0. The highest BCUT2D eigenvalue weighted by atomic mass is 19.1. The Morgan fingerprint density at radius 3 is 2.61 bits per heavy atom. The number of benzene rings is 3. The van der Waals surface area contributed by atoms with E-state index in [0.717, 1.165) is 23.8 Å². The SMILES string of the molecule is C=CC[C@]1(C(=O)NNCc2cc(F)ccc2F)N=C(c2ccc(OCCCO)cc2)O[C@H]1c1ccccc1. The van der Waals surface area contributed by atoms with Crippen LogP contribution >= 0.6 is 0 Å². The monoisotopic (exact) mass is 521 g/mol. The van der Waals surface area contributed by atoms with Gasteiger partial charge in [-0.3, -0.25) is 10.2 Å². The van der Waals surface area contributed by atoms with Gasteiger partial charge >= 0.3 is 0 Å². The van der Waals surface area contributed by atoms with Crippen molar-refractivity contribution in [3.8, 4) is 5.75 Å². The zero-order valence-corrected chi connectivity index (χ0v) is 20.7. The first kappa shape index (κ1) is 27.0. The summed E-state index contributed by atoms with van der Waals surface area (Å²) in [6.45, 7) is 4.12. The van der Waals surface area contributed by atoms with E-state index in [2.05, 4.69) is 17.4 Å². The second-order valence-corrected chi connectivity index (χ2v) is 8.74. The van der Waals surface area contributed by atoms with Crippen LogP contribution < -0.4 is 15.6 Å². The Morgan fingerprint density at radius 2 is 1.89 bits per heavy atom. The second kappa shape index (κ2) is 12.4. The van der Waals surface area contributed by atoms with E-state index < -0.39 is 29.2 Å². The van der Waals surface area contributed by atoms with Crippen LogP contribution in [0.15, 0.2) is 90.4 Å². The number of hydrogen-bond acceptors (Lipinski definition) is 6. The van der Waals surface area contributed by atoms with Gasteiger partial charge in [-0.15, -0.1) is 6.58 Å². The van der Waals surface area contributed by atoms with Crippen molar-refractivity contribution >= 4 is 11.8 Å². The van der Waals surface area contributed by atoms with Crippen LogP contribution in [0.25, 0.3) is 0 Å². The summed E-state index contributed by atoms with van der Waals surface area (Å²) in [6.07, 6.45) is 1.50. The number of nitrogens with one attached hydrogen (secondary N) is 2. The van der Waals surface area contributed by atoms with Crippen molar-refractivity contribution < 1.29 is 28.2 Å². The third kappa shape index (κ3) is 6.07. The molecule has 0 fully saturated rings. The molecule has 0 bridgehead atoms. The Labute approximate surface area is 219 Å². The normalized spacial score (nSPS) is 18.4. The van der Waals surface area contributed by atoms with Gasteiger partial charge in [-0.05, 0) is 48.0 Å². The molecule has 3 N–H and O–H groups in total. The van der Waals surface area contributed by atoms with Crippen molar-refractivity contribution in [2.24, 2.45) is 4.99 Å². The molecule has 0 spiro atoms. The van der Waals surface area contributed by atoms with E-state index >= 15 is 0 Å². The molecule has 4 rings (SSSR count). The maximum Gasteiger partial charge on any atom is 0.266 e. The lowest BCUT2D eigenvalue weighted by Gasteiger charge is -2.29. The molecule has 1 amide bonds. The van der Waals surface area contributed by atoms with Crippen molar-refractivity contribution in [1.29, 1.82) is 0 Å². The molecule has 1 heterocycles. The molecular formula is C29H29F2N3O4. The number of ether oxygens (including phenoxy) is 2. The average Bonchev–Trinajstić information content (AvgIpc) is 3.32. The summed E-state index contributed by atoms with van der Waals surface area (Å²) in [4.78, 5) is 18.4. The van der Waals surface area contributed by atoms with Crippen LogP contribution in [0.5, 0.6) is 5.75 Å². The lowest BCUT2D eigenvalue weighted by atomic mass is 9.84. The number of nitrogens with zero attached hydrogens (tertiary/aromatic N) is 1. The number of aliphatic hydroxyl groups is 1. The van der Waals surface area contributed by atoms with E-state index in [-0.39, 0.29) is 31.0 Å². The van der Waals surface area contributed by atoms with Gasteiger partial charge in [0, 0.05) is 37.1 Å². The van der Waals surface area contributed by atoms with Crippen molar-refractivity contribution in [3.05, 3.63) is 114 Å². The molecule has 0 saturated carbocycles. The highest BCUT2D eigenvalue weighted by Gasteiger charge is 2.52. The summed E-state index contributed by atoms with van der Waals surface area (Å²) in [5.41, 5.74) is 5.33. The summed E-state index contributed by atoms with van der Waals surface area (Å²) in [6, 6.07) is 19.5. The van der Waals surface area contributed by atoms with E-state index in [1.807, 2.05) is 30.3 Å². The Bertz CT molecular complexity index is 1280. The standard InChI is InChI=1S/C29H29F2N3O4/c1-2-15-29(28(36)34-32-19-22-18-23(30)11-14-25(22)31)26(20-7-4-3-5-8-20)38-27(33-29)21-9-12-24(13-10-21)37-17-6-16-35/h2-5,7-14,18,26,32,35H,1,6,15-17,19H2,(H,34,36)/t26-,29-/m0/s1. The van der Waals surface area contributed by atoms with Crippen LogP contribution in [-0.4, -0.2) is 35.7 Å². The van der Waals surface area contributed by atoms with Crippen molar-refractivity contribution in [3.63, 3.8) is 0 Å². The van der Waals surface area contributed by atoms with Gasteiger partial charge in [-0.25, -0.2) is 19.2 Å². The first-order valence-corrected chi connectivity index (χ1v) is 12.2. The predicted molar refractivity (Wildman–Crippen MR) is 139 cm³/mol. The molecule has 2 atom stereocenters. The van der Waals surface area contributed by atoms with Crippen molar-refractivity contribution in [2.75, 3.05) is 13.2 Å². The van der Waals surface area contributed by atoms with Crippen molar-refractivity contribution in [2.45, 2.75) is 31.0 Å². The molecule has 3 aromatic carbocycles. The molecule has 3 aromatic rings. The van der Waals surface area contributed by atoms with E-state index in [1.54, 1.807) is 30.3 Å². The van der Waals surface area contributed by atoms with Gasteiger partial charge in [0.2, 0.25) is 5.90 Å². The van der Waals surface area contributed by atoms with E-state index in [4.69, 9.17) is 19.6 Å². The smallest absolute Gasteiger partial charge is 0.266 e. The molecule has 7 nitrogen and oxygen atoms in total. The molecule has 198 valence electrons. The minimum absolute atomic E-state index is 0.0447. The fraction of sp³-hybridized carbons (Fsp3) is 0.241. The quantitative estimate of drug-likeness (QED) is 0.187. The maximum atomic E-state index is 14.0. The van der Waals surface area contributed by atoms with Gasteiger partial charge in [0.25, 0.3) is 5.91 Å². The number of aliphatic hydroxyl groups excluding tert-OH is 1. The Morgan fingerprint density at radius 1 is 1.13 bits per heavy atom. The lowest BCUT2D eigenvalue weighted by molar-refractivity contribution is -0.129. The number of hydrogen-bond donors (Lipinski definition) is 3. The molecule has 0 aliphatic carbocycles. The summed E-state index contributed by atoms with van der Waals surface area (Å²) in [5, 5.41) is 8.94. The molecule has 9 heteroatoms. The average molecular weight is 522 g/mol. The first-order chi connectivity index (χ1) is 18.5. The van der Waals surface area contributed by atoms with Gasteiger partial charge in [0.05, 0.1) is 6.61 Å². The number of carbonyl (C=O) groups is 1. The van der Waals surface area contributed by atoms with Crippen LogP contribution in [-0.2, 0) is 16.1 Å². The lowest BCUT2D eigenvalue weighted by Crippen LogP contribution is -2.52. The summed E-state index contributed by atoms with van der Waals surface area (Å²) < 4.78 is 39.5. The van der Waals surface area contributed by atoms with Crippen LogP contribution in [0, 0.1) is 11.6 Å². The molecule has 1 aliphatic rings. The van der Waals surface area contributed by atoms with Gasteiger partial charge in [-0.2, -0.15) is 0 Å².